The first-order valence-corrected chi connectivity index (χ1v) is 10.2. The summed E-state index contributed by atoms with van der Waals surface area (Å²) in [6, 6.07) is 13.3. The summed E-state index contributed by atoms with van der Waals surface area (Å²) < 4.78 is 1.73. The molecule has 0 N–H and O–H groups in total. The highest BCUT2D eigenvalue weighted by molar-refractivity contribution is 7.99. The van der Waals surface area contributed by atoms with Crippen molar-refractivity contribution in [1.82, 2.24) is 9.55 Å². The number of thioether (sulfide) groups is 1. The number of para-hydroxylation sites is 1. The van der Waals surface area contributed by atoms with Crippen molar-refractivity contribution < 1.29 is 4.79 Å². The Labute approximate surface area is 163 Å². The van der Waals surface area contributed by atoms with Gasteiger partial charge in [-0.15, -0.1) is 0 Å². The van der Waals surface area contributed by atoms with Crippen LogP contribution in [0, 0.1) is 13.8 Å². The van der Waals surface area contributed by atoms with E-state index in [1.165, 1.54) is 11.8 Å². The first-order chi connectivity index (χ1) is 12.9. The molecule has 3 aromatic rings. The zero-order valence-electron chi connectivity index (χ0n) is 16.2. The molecule has 1 aromatic heterocycles. The predicted octanol–water partition coefficient (Wildman–Crippen LogP) is 4.96. The molecule has 0 aliphatic carbocycles. The summed E-state index contributed by atoms with van der Waals surface area (Å²) in [6.07, 6.45) is 0.818. The molecular weight excluding hydrogens is 356 g/mol. The molecule has 0 radical (unpaired) electrons. The number of aromatic nitrogens is 2. The number of fused-ring (bicyclic) bond motifs is 1. The number of hydrogen-bond acceptors (Lipinski definition) is 4. The molecule has 0 fully saturated rings. The van der Waals surface area contributed by atoms with Crippen molar-refractivity contribution in [2.45, 2.75) is 45.3 Å². The molecule has 4 nitrogen and oxygen atoms in total. The van der Waals surface area contributed by atoms with E-state index in [2.05, 4.69) is 4.98 Å². The Morgan fingerprint density at radius 3 is 2.67 bits per heavy atom. The van der Waals surface area contributed by atoms with Crippen molar-refractivity contribution in [3.8, 4) is 0 Å². The van der Waals surface area contributed by atoms with Crippen LogP contribution in [0.3, 0.4) is 0 Å². The third kappa shape index (κ3) is 3.98. The molecular formula is C22H24N2O2S. The fourth-order valence-corrected chi connectivity index (χ4v) is 4.02. The molecule has 0 aliphatic rings. The Morgan fingerprint density at radius 1 is 1.19 bits per heavy atom. The highest BCUT2D eigenvalue weighted by atomic mass is 32.2. The van der Waals surface area contributed by atoms with Gasteiger partial charge in [-0.3, -0.25) is 14.2 Å². The molecule has 5 heteroatoms. The Morgan fingerprint density at radius 2 is 1.93 bits per heavy atom. The number of aryl methyl sites for hydroxylation is 2. The molecule has 2 aromatic carbocycles. The van der Waals surface area contributed by atoms with Crippen molar-refractivity contribution in [2.75, 3.05) is 5.75 Å². The van der Waals surface area contributed by atoms with Gasteiger partial charge in [0.15, 0.2) is 10.9 Å². The van der Waals surface area contributed by atoms with E-state index in [0.29, 0.717) is 16.1 Å². The van der Waals surface area contributed by atoms with E-state index in [0.717, 1.165) is 23.1 Å². The Balaban J connectivity index is 1.97. The topological polar surface area (TPSA) is 52.0 Å². The van der Waals surface area contributed by atoms with Crippen molar-refractivity contribution in [3.05, 3.63) is 69.5 Å². The molecule has 3 rings (SSSR count). The average molecular weight is 381 g/mol. The highest BCUT2D eigenvalue weighted by Crippen LogP contribution is 2.24. The van der Waals surface area contributed by atoms with Gasteiger partial charge < -0.3 is 0 Å². The number of rotatable bonds is 6. The third-order valence-corrected chi connectivity index (χ3v) is 5.79. The van der Waals surface area contributed by atoms with Gasteiger partial charge in [0.25, 0.3) is 5.56 Å². The molecule has 1 atom stereocenters. The minimum atomic E-state index is -0.0448. The molecule has 0 aliphatic heterocycles. The van der Waals surface area contributed by atoms with Crippen LogP contribution in [0.1, 0.15) is 47.8 Å². The van der Waals surface area contributed by atoms with Gasteiger partial charge in [0.1, 0.15) is 0 Å². The molecule has 0 saturated carbocycles. The van der Waals surface area contributed by atoms with Crippen LogP contribution in [0.4, 0.5) is 0 Å². The summed E-state index contributed by atoms with van der Waals surface area (Å²) >= 11 is 1.34. The summed E-state index contributed by atoms with van der Waals surface area (Å²) in [6.45, 7) is 7.98. The number of nitrogens with zero attached hydrogens (tertiary/aromatic N) is 2. The van der Waals surface area contributed by atoms with Crippen LogP contribution in [0.2, 0.25) is 0 Å². The van der Waals surface area contributed by atoms with E-state index >= 15 is 0 Å². The Hall–Kier alpha value is -2.40. The largest absolute Gasteiger partial charge is 0.293 e. The minimum absolute atomic E-state index is 0.0212. The molecule has 0 saturated heterocycles. The normalized spacial score (nSPS) is 12.3. The van der Waals surface area contributed by atoms with E-state index in [1.807, 2.05) is 64.1 Å². The van der Waals surface area contributed by atoms with E-state index < -0.39 is 0 Å². The number of Topliss-reactive ketones (excluding diaryl/α,β-unsaturated/α-hetero) is 1. The fraction of sp³-hybridized carbons (Fsp3) is 0.318. The van der Waals surface area contributed by atoms with Crippen LogP contribution in [0.15, 0.2) is 52.4 Å². The molecule has 0 spiro atoms. The second kappa shape index (κ2) is 8.09. The van der Waals surface area contributed by atoms with Crippen LogP contribution in [0.5, 0.6) is 0 Å². The maximum Gasteiger partial charge on any atom is 0.262 e. The second-order valence-electron chi connectivity index (χ2n) is 6.87. The minimum Gasteiger partial charge on any atom is -0.293 e. The zero-order chi connectivity index (χ0) is 19.6. The lowest BCUT2D eigenvalue weighted by atomic mass is 10.0. The molecule has 1 heterocycles. The van der Waals surface area contributed by atoms with Crippen LogP contribution < -0.4 is 5.56 Å². The molecule has 140 valence electrons. The monoisotopic (exact) mass is 380 g/mol. The van der Waals surface area contributed by atoms with Gasteiger partial charge in [-0.2, -0.15) is 0 Å². The van der Waals surface area contributed by atoms with Gasteiger partial charge in [0, 0.05) is 11.6 Å². The van der Waals surface area contributed by atoms with Gasteiger partial charge in [0.2, 0.25) is 0 Å². The van der Waals surface area contributed by atoms with Gasteiger partial charge in [0.05, 0.1) is 16.7 Å². The van der Waals surface area contributed by atoms with Crippen molar-refractivity contribution >= 4 is 28.4 Å². The number of carbonyl (C=O) groups excluding carboxylic acids is 1. The SMILES string of the molecule is CC[C@@H](C)n1c(SCC(=O)c2cc(C)ccc2C)nc2ccccc2c1=O. The average Bonchev–Trinajstić information content (AvgIpc) is 2.67. The maximum atomic E-state index is 13.0. The number of hydrogen-bond donors (Lipinski definition) is 0. The van der Waals surface area contributed by atoms with E-state index in [4.69, 9.17) is 0 Å². The number of carbonyl (C=O) groups is 1. The first-order valence-electron chi connectivity index (χ1n) is 9.17. The standard InChI is InChI=1S/C22H24N2O2S/c1-5-16(4)24-21(26)17-8-6-7-9-19(17)23-22(24)27-13-20(25)18-12-14(2)10-11-15(18)3/h6-12,16H,5,13H2,1-4H3/t16-/m1/s1. The van der Waals surface area contributed by atoms with Crippen molar-refractivity contribution in [3.63, 3.8) is 0 Å². The summed E-state index contributed by atoms with van der Waals surface area (Å²) in [7, 11) is 0. The zero-order valence-corrected chi connectivity index (χ0v) is 17.0. The van der Waals surface area contributed by atoms with Gasteiger partial charge in [-0.05, 0) is 51.0 Å². The lowest BCUT2D eigenvalue weighted by molar-refractivity contribution is 0.102. The van der Waals surface area contributed by atoms with Gasteiger partial charge in [-0.25, -0.2) is 4.98 Å². The first kappa shape index (κ1) is 19.4. The van der Waals surface area contributed by atoms with Crippen LogP contribution >= 0.6 is 11.8 Å². The lowest BCUT2D eigenvalue weighted by Gasteiger charge is -2.18. The summed E-state index contributed by atoms with van der Waals surface area (Å²) in [4.78, 5) is 30.4. The van der Waals surface area contributed by atoms with Crippen LogP contribution in [-0.4, -0.2) is 21.1 Å². The van der Waals surface area contributed by atoms with Crippen LogP contribution in [-0.2, 0) is 0 Å². The number of ketones is 1. The van der Waals surface area contributed by atoms with Gasteiger partial charge in [-0.1, -0.05) is 48.5 Å². The molecule has 0 amide bonds. The third-order valence-electron chi connectivity index (χ3n) is 4.83. The quantitative estimate of drug-likeness (QED) is 0.345. The predicted molar refractivity (Wildman–Crippen MR) is 112 cm³/mol. The Kier molecular flexibility index (Phi) is 5.80. The summed E-state index contributed by atoms with van der Waals surface area (Å²) in [5, 5.41) is 1.22. The smallest absolute Gasteiger partial charge is 0.262 e. The molecule has 0 bridgehead atoms. The fourth-order valence-electron chi connectivity index (χ4n) is 3.04. The van der Waals surface area contributed by atoms with Gasteiger partial charge >= 0.3 is 0 Å². The summed E-state index contributed by atoms with van der Waals surface area (Å²) in [5.74, 6) is 0.310. The second-order valence-corrected chi connectivity index (χ2v) is 7.82. The molecule has 0 unspecified atom stereocenters. The highest BCUT2D eigenvalue weighted by Gasteiger charge is 2.17. The van der Waals surface area contributed by atoms with E-state index in [-0.39, 0.29) is 23.1 Å². The van der Waals surface area contributed by atoms with E-state index in [1.54, 1.807) is 10.6 Å². The van der Waals surface area contributed by atoms with Crippen molar-refractivity contribution in [2.24, 2.45) is 0 Å². The summed E-state index contributed by atoms with van der Waals surface area (Å²) in [5.41, 5.74) is 3.40. The number of benzene rings is 2. The van der Waals surface area contributed by atoms with Crippen LogP contribution in [0.25, 0.3) is 10.9 Å². The molecule has 27 heavy (non-hydrogen) atoms. The van der Waals surface area contributed by atoms with E-state index in [9.17, 15) is 9.59 Å². The Bertz CT molecular complexity index is 1060. The maximum absolute atomic E-state index is 13.0. The van der Waals surface area contributed by atoms with Crippen molar-refractivity contribution in [1.29, 1.82) is 0 Å². The lowest BCUT2D eigenvalue weighted by Crippen LogP contribution is -2.26.